The van der Waals surface area contributed by atoms with E-state index in [4.69, 9.17) is 0 Å². The molecule has 0 spiro atoms. The lowest BCUT2D eigenvalue weighted by molar-refractivity contribution is 0.0696. The standard InChI is InChI=1S/C19H22N2O4S/c1-14-7-8-17(11-18(14)19(22)23)26(24,25)20-16-9-10-21(13-16)12-15-5-3-2-4-6-15/h2-8,11,16,20H,9-10,12-13H2,1H3,(H,22,23). The molecule has 1 saturated heterocycles. The fraction of sp³-hybridized carbons (Fsp3) is 0.316. The third kappa shape index (κ3) is 4.30. The van der Waals surface area contributed by atoms with Gasteiger partial charge < -0.3 is 5.11 Å². The fourth-order valence-electron chi connectivity index (χ4n) is 3.20. The van der Waals surface area contributed by atoms with Crippen LogP contribution in [-0.2, 0) is 16.6 Å². The van der Waals surface area contributed by atoms with Crippen molar-refractivity contribution in [1.82, 2.24) is 9.62 Å². The van der Waals surface area contributed by atoms with E-state index in [0.717, 1.165) is 19.5 Å². The number of nitrogens with zero attached hydrogens (tertiary/aromatic N) is 1. The largest absolute Gasteiger partial charge is 0.478 e. The van der Waals surface area contributed by atoms with Crippen molar-refractivity contribution >= 4 is 16.0 Å². The van der Waals surface area contributed by atoms with Crippen molar-refractivity contribution in [3.05, 3.63) is 65.2 Å². The predicted octanol–water partition coefficient (Wildman–Crippen LogP) is 2.25. The number of likely N-dealkylation sites (tertiary alicyclic amines) is 1. The van der Waals surface area contributed by atoms with Gasteiger partial charge in [-0.15, -0.1) is 0 Å². The van der Waals surface area contributed by atoms with Crippen LogP contribution in [0.5, 0.6) is 0 Å². The van der Waals surface area contributed by atoms with Crippen molar-refractivity contribution in [3.8, 4) is 0 Å². The van der Waals surface area contributed by atoms with Gasteiger partial charge in [0.15, 0.2) is 0 Å². The smallest absolute Gasteiger partial charge is 0.335 e. The first-order valence-corrected chi connectivity index (χ1v) is 9.96. The molecule has 0 aliphatic carbocycles. The maximum Gasteiger partial charge on any atom is 0.335 e. The second-order valence-electron chi connectivity index (χ2n) is 6.61. The van der Waals surface area contributed by atoms with Crippen LogP contribution in [0.3, 0.4) is 0 Å². The summed E-state index contributed by atoms with van der Waals surface area (Å²) in [7, 11) is -3.75. The highest BCUT2D eigenvalue weighted by Gasteiger charge is 2.27. The first kappa shape index (κ1) is 18.6. The summed E-state index contributed by atoms with van der Waals surface area (Å²) in [5.74, 6) is -1.13. The average Bonchev–Trinajstić information content (AvgIpc) is 3.01. The molecule has 138 valence electrons. The maximum absolute atomic E-state index is 12.6. The van der Waals surface area contributed by atoms with Crippen LogP contribution in [-0.4, -0.2) is 43.5 Å². The molecule has 2 aromatic carbocycles. The summed E-state index contributed by atoms with van der Waals surface area (Å²) >= 11 is 0. The minimum atomic E-state index is -3.75. The van der Waals surface area contributed by atoms with Gasteiger partial charge in [0.1, 0.15) is 0 Å². The molecule has 1 aliphatic rings. The zero-order chi connectivity index (χ0) is 18.7. The minimum absolute atomic E-state index is 0.00463. The molecule has 7 heteroatoms. The predicted molar refractivity (Wildman–Crippen MR) is 98.6 cm³/mol. The Balaban J connectivity index is 1.67. The van der Waals surface area contributed by atoms with Gasteiger partial charge in [-0.05, 0) is 36.6 Å². The molecule has 3 rings (SSSR count). The van der Waals surface area contributed by atoms with E-state index in [1.807, 2.05) is 18.2 Å². The number of aromatic carboxylic acids is 1. The topological polar surface area (TPSA) is 86.7 Å². The van der Waals surface area contributed by atoms with Crippen LogP contribution in [0.2, 0.25) is 0 Å². The van der Waals surface area contributed by atoms with E-state index >= 15 is 0 Å². The molecule has 1 aliphatic heterocycles. The Morgan fingerprint density at radius 2 is 1.96 bits per heavy atom. The summed E-state index contributed by atoms with van der Waals surface area (Å²) in [6, 6.07) is 14.1. The number of carbonyl (C=O) groups is 1. The summed E-state index contributed by atoms with van der Waals surface area (Å²) in [5, 5.41) is 9.19. The molecule has 1 fully saturated rings. The van der Waals surface area contributed by atoms with E-state index in [-0.39, 0.29) is 16.5 Å². The van der Waals surface area contributed by atoms with Crippen molar-refractivity contribution in [2.24, 2.45) is 0 Å². The highest BCUT2D eigenvalue weighted by molar-refractivity contribution is 7.89. The van der Waals surface area contributed by atoms with E-state index in [1.54, 1.807) is 6.92 Å². The van der Waals surface area contributed by atoms with Gasteiger partial charge in [-0.2, -0.15) is 0 Å². The maximum atomic E-state index is 12.6. The van der Waals surface area contributed by atoms with Crippen LogP contribution in [0.25, 0.3) is 0 Å². The van der Waals surface area contributed by atoms with Gasteiger partial charge in [-0.1, -0.05) is 36.4 Å². The average molecular weight is 374 g/mol. The lowest BCUT2D eigenvalue weighted by atomic mass is 10.1. The van der Waals surface area contributed by atoms with E-state index < -0.39 is 16.0 Å². The monoisotopic (exact) mass is 374 g/mol. The number of carboxylic acid groups (broad SMARTS) is 1. The summed E-state index contributed by atoms with van der Waals surface area (Å²) in [6.07, 6.45) is 0.726. The van der Waals surface area contributed by atoms with Gasteiger partial charge in [0.05, 0.1) is 10.5 Å². The molecule has 26 heavy (non-hydrogen) atoms. The number of hydrogen-bond acceptors (Lipinski definition) is 4. The van der Waals surface area contributed by atoms with Gasteiger partial charge in [-0.3, -0.25) is 4.90 Å². The highest BCUT2D eigenvalue weighted by atomic mass is 32.2. The second-order valence-corrected chi connectivity index (χ2v) is 8.32. The summed E-state index contributed by atoms with van der Waals surface area (Å²) < 4.78 is 27.9. The molecular weight excluding hydrogens is 352 g/mol. The van der Waals surface area contributed by atoms with Crippen LogP contribution in [0.1, 0.15) is 27.9 Å². The SMILES string of the molecule is Cc1ccc(S(=O)(=O)NC2CCN(Cc3ccccc3)C2)cc1C(=O)O. The van der Waals surface area contributed by atoms with Gasteiger partial charge in [-0.25, -0.2) is 17.9 Å². The zero-order valence-electron chi connectivity index (χ0n) is 14.6. The lowest BCUT2D eigenvalue weighted by Gasteiger charge is -2.17. The number of aryl methyl sites for hydroxylation is 1. The molecule has 1 heterocycles. The van der Waals surface area contributed by atoms with Crippen LogP contribution in [0.15, 0.2) is 53.4 Å². The van der Waals surface area contributed by atoms with Crippen LogP contribution in [0, 0.1) is 6.92 Å². The minimum Gasteiger partial charge on any atom is -0.478 e. The number of sulfonamides is 1. The van der Waals surface area contributed by atoms with Gasteiger partial charge in [0, 0.05) is 25.7 Å². The molecule has 2 N–H and O–H groups in total. The van der Waals surface area contributed by atoms with Crippen LogP contribution >= 0.6 is 0 Å². The van der Waals surface area contributed by atoms with Crippen LogP contribution in [0.4, 0.5) is 0 Å². The Morgan fingerprint density at radius 3 is 2.65 bits per heavy atom. The molecule has 0 amide bonds. The number of hydrogen-bond donors (Lipinski definition) is 2. The molecule has 0 aromatic heterocycles. The lowest BCUT2D eigenvalue weighted by Crippen LogP contribution is -2.37. The quantitative estimate of drug-likeness (QED) is 0.810. The normalized spacial score (nSPS) is 18.1. The molecule has 1 unspecified atom stereocenters. The molecule has 6 nitrogen and oxygen atoms in total. The van der Waals surface area contributed by atoms with E-state index in [0.29, 0.717) is 12.1 Å². The van der Waals surface area contributed by atoms with Gasteiger partial charge in [0.2, 0.25) is 10.0 Å². The van der Waals surface area contributed by atoms with Crippen molar-refractivity contribution in [2.75, 3.05) is 13.1 Å². The van der Waals surface area contributed by atoms with E-state index in [2.05, 4.69) is 21.8 Å². The Labute approximate surface area is 153 Å². The fourth-order valence-corrected chi connectivity index (χ4v) is 4.49. The molecule has 0 saturated carbocycles. The van der Waals surface area contributed by atoms with Crippen molar-refractivity contribution in [1.29, 1.82) is 0 Å². The summed E-state index contributed by atoms with van der Waals surface area (Å²) in [5.41, 5.74) is 1.73. The number of benzene rings is 2. The Bertz CT molecular complexity index is 897. The van der Waals surface area contributed by atoms with Crippen molar-refractivity contribution < 1.29 is 18.3 Å². The summed E-state index contributed by atoms with van der Waals surface area (Å²) in [4.78, 5) is 13.4. The van der Waals surface area contributed by atoms with Gasteiger partial charge in [0.25, 0.3) is 0 Å². The highest BCUT2D eigenvalue weighted by Crippen LogP contribution is 2.19. The van der Waals surface area contributed by atoms with E-state index in [9.17, 15) is 18.3 Å². The zero-order valence-corrected chi connectivity index (χ0v) is 15.4. The molecule has 0 radical (unpaired) electrons. The number of nitrogens with one attached hydrogen (secondary N) is 1. The molecule has 0 bridgehead atoms. The Hall–Kier alpha value is -2.22. The van der Waals surface area contributed by atoms with Crippen molar-refractivity contribution in [3.63, 3.8) is 0 Å². The Kier molecular flexibility index (Phi) is 5.41. The number of rotatable bonds is 6. The molecule has 1 atom stereocenters. The number of carboxylic acids is 1. The third-order valence-corrected chi connectivity index (χ3v) is 6.11. The third-order valence-electron chi connectivity index (χ3n) is 4.59. The summed E-state index contributed by atoms with van der Waals surface area (Å²) in [6.45, 7) is 3.88. The van der Waals surface area contributed by atoms with E-state index in [1.165, 1.54) is 23.8 Å². The first-order chi connectivity index (χ1) is 12.3. The molecular formula is C19H22N2O4S. The molecule has 2 aromatic rings. The van der Waals surface area contributed by atoms with Crippen molar-refractivity contribution in [2.45, 2.75) is 30.8 Å². The van der Waals surface area contributed by atoms with Crippen LogP contribution < -0.4 is 4.72 Å². The Morgan fingerprint density at radius 1 is 1.23 bits per heavy atom. The first-order valence-electron chi connectivity index (χ1n) is 8.48. The second kappa shape index (κ2) is 7.57. The van der Waals surface area contributed by atoms with Gasteiger partial charge >= 0.3 is 5.97 Å².